The molecule has 0 fully saturated rings. The molecule has 0 saturated heterocycles. The molecule has 0 N–H and O–H groups in total. The lowest BCUT2D eigenvalue weighted by Crippen LogP contribution is -2.07. The first-order valence-electron chi connectivity index (χ1n) is 9.41. The summed E-state index contributed by atoms with van der Waals surface area (Å²) in [7, 11) is 0. The van der Waals surface area contributed by atoms with Gasteiger partial charge < -0.3 is 9.47 Å². The van der Waals surface area contributed by atoms with Crippen LogP contribution in [-0.2, 0) is 9.59 Å². The van der Waals surface area contributed by atoms with Gasteiger partial charge in [0.15, 0.2) is 0 Å². The molecule has 150 valence electrons. The van der Waals surface area contributed by atoms with E-state index in [4.69, 9.17) is 9.47 Å². The van der Waals surface area contributed by atoms with Crippen molar-refractivity contribution in [2.24, 2.45) is 0 Å². The topological polar surface area (TPSA) is 52.6 Å². The van der Waals surface area contributed by atoms with Gasteiger partial charge >= 0.3 is 11.9 Å². The largest absolute Gasteiger partial charge is 0.423 e. The molecule has 0 heterocycles. The van der Waals surface area contributed by atoms with E-state index in [1.807, 2.05) is 37.3 Å². The van der Waals surface area contributed by atoms with E-state index in [0.717, 1.165) is 33.9 Å². The average Bonchev–Trinajstić information content (AvgIpc) is 2.74. The molecule has 4 nitrogen and oxygen atoms in total. The van der Waals surface area contributed by atoms with Gasteiger partial charge in [-0.05, 0) is 65.9 Å². The van der Waals surface area contributed by atoms with Crippen molar-refractivity contribution < 1.29 is 19.1 Å². The molecule has 0 saturated carbocycles. The van der Waals surface area contributed by atoms with Crippen LogP contribution in [0.4, 0.5) is 0 Å². The normalized spacial score (nSPS) is 10.2. The standard InChI is InChI=1S/C26H22O4/c1-5-25(27)29-22-11-6-19(7-12-22)21-10-15-24(18(4)16-21)20-8-13-23(14-9-20)30-26(28)17(2)3/h5-16H,1-2H2,3-4H3. The van der Waals surface area contributed by atoms with E-state index in [2.05, 4.69) is 25.3 Å². The molecule has 0 bridgehead atoms. The fourth-order valence-corrected chi connectivity index (χ4v) is 2.94. The number of esters is 2. The Bertz CT molecular complexity index is 1110. The Morgan fingerprint density at radius 2 is 1.33 bits per heavy atom. The second-order valence-electron chi connectivity index (χ2n) is 6.87. The number of hydrogen-bond acceptors (Lipinski definition) is 4. The van der Waals surface area contributed by atoms with Gasteiger partial charge in [0, 0.05) is 11.6 Å². The van der Waals surface area contributed by atoms with Crippen LogP contribution in [-0.4, -0.2) is 11.9 Å². The molecule has 0 amide bonds. The number of benzene rings is 3. The SMILES string of the molecule is C=CC(=O)Oc1ccc(-c2ccc(-c3ccc(OC(=O)C(=C)C)cc3)c(C)c2)cc1. The third-order valence-corrected chi connectivity index (χ3v) is 4.52. The maximum Gasteiger partial charge on any atom is 0.338 e. The van der Waals surface area contributed by atoms with Gasteiger partial charge in [0.25, 0.3) is 0 Å². The first kappa shape index (κ1) is 20.8. The van der Waals surface area contributed by atoms with Gasteiger partial charge in [-0.1, -0.05) is 55.6 Å². The molecule has 0 atom stereocenters. The lowest BCUT2D eigenvalue weighted by Gasteiger charge is -2.11. The van der Waals surface area contributed by atoms with Gasteiger partial charge in [-0.3, -0.25) is 0 Å². The van der Waals surface area contributed by atoms with Gasteiger partial charge in [0.05, 0.1) is 0 Å². The number of ether oxygens (including phenoxy) is 2. The number of aryl methyl sites for hydroxylation is 1. The first-order valence-corrected chi connectivity index (χ1v) is 9.41. The third kappa shape index (κ3) is 4.92. The van der Waals surface area contributed by atoms with Crippen LogP contribution in [0.3, 0.4) is 0 Å². The van der Waals surface area contributed by atoms with Crippen LogP contribution in [0.2, 0.25) is 0 Å². The van der Waals surface area contributed by atoms with Crippen LogP contribution < -0.4 is 9.47 Å². The highest BCUT2D eigenvalue weighted by Gasteiger charge is 2.08. The summed E-state index contributed by atoms with van der Waals surface area (Å²) in [6, 6.07) is 20.9. The molecular formula is C26H22O4. The van der Waals surface area contributed by atoms with Crippen LogP contribution in [0.5, 0.6) is 11.5 Å². The van der Waals surface area contributed by atoms with Gasteiger partial charge in [0.2, 0.25) is 0 Å². The zero-order valence-electron chi connectivity index (χ0n) is 17.0. The molecule has 3 aromatic rings. The number of carbonyl (C=O) groups is 2. The van der Waals surface area contributed by atoms with Crippen molar-refractivity contribution in [1.29, 1.82) is 0 Å². The lowest BCUT2D eigenvalue weighted by molar-refractivity contribution is -0.130. The molecule has 0 spiro atoms. The maximum absolute atomic E-state index is 11.6. The van der Waals surface area contributed by atoms with Crippen molar-refractivity contribution in [3.8, 4) is 33.8 Å². The van der Waals surface area contributed by atoms with E-state index in [1.165, 1.54) is 0 Å². The molecule has 0 aliphatic heterocycles. The predicted molar refractivity (Wildman–Crippen MR) is 118 cm³/mol. The molecular weight excluding hydrogens is 376 g/mol. The summed E-state index contributed by atoms with van der Waals surface area (Å²) >= 11 is 0. The molecule has 0 aromatic heterocycles. The Balaban J connectivity index is 1.78. The fraction of sp³-hybridized carbons (Fsp3) is 0.0769. The van der Waals surface area contributed by atoms with Crippen molar-refractivity contribution in [1.82, 2.24) is 0 Å². The summed E-state index contributed by atoms with van der Waals surface area (Å²) in [4.78, 5) is 22.9. The highest BCUT2D eigenvalue weighted by molar-refractivity contribution is 5.89. The van der Waals surface area contributed by atoms with Crippen molar-refractivity contribution in [3.05, 3.63) is 97.1 Å². The summed E-state index contributed by atoms with van der Waals surface area (Å²) in [5.74, 6) is 0.0413. The van der Waals surface area contributed by atoms with Crippen LogP contribution in [0.15, 0.2) is 91.5 Å². The van der Waals surface area contributed by atoms with E-state index in [-0.39, 0.29) is 0 Å². The number of carbonyl (C=O) groups excluding carboxylic acids is 2. The monoisotopic (exact) mass is 398 g/mol. The molecule has 0 radical (unpaired) electrons. The second kappa shape index (κ2) is 9.05. The molecule has 4 heteroatoms. The quantitative estimate of drug-likeness (QED) is 0.295. The van der Waals surface area contributed by atoms with E-state index >= 15 is 0 Å². The minimum atomic E-state index is -0.483. The van der Waals surface area contributed by atoms with E-state index in [0.29, 0.717) is 17.1 Å². The highest BCUT2D eigenvalue weighted by Crippen LogP contribution is 2.30. The zero-order valence-corrected chi connectivity index (χ0v) is 17.0. The Morgan fingerprint density at radius 3 is 1.87 bits per heavy atom. The first-order chi connectivity index (χ1) is 14.4. The Morgan fingerprint density at radius 1 is 0.800 bits per heavy atom. The van der Waals surface area contributed by atoms with Crippen molar-refractivity contribution in [3.63, 3.8) is 0 Å². The molecule has 30 heavy (non-hydrogen) atoms. The van der Waals surface area contributed by atoms with Crippen LogP contribution in [0.25, 0.3) is 22.3 Å². The van der Waals surface area contributed by atoms with Crippen LogP contribution in [0, 0.1) is 6.92 Å². The maximum atomic E-state index is 11.6. The minimum Gasteiger partial charge on any atom is -0.423 e. The summed E-state index contributed by atoms with van der Waals surface area (Å²) in [6.07, 6.45) is 1.13. The van der Waals surface area contributed by atoms with Gasteiger partial charge in [0.1, 0.15) is 11.5 Å². The van der Waals surface area contributed by atoms with Crippen LogP contribution in [0.1, 0.15) is 12.5 Å². The Kier molecular flexibility index (Phi) is 6.28. The van der Waals surface area contributed by atoms with E-state index < -0.39 is 11.9 Å². The van der Waals surface area contributed by atoms with Gasteiger partial charge in [-0.2, -0.15) is 0 Å². The van der Waals surface area contributed by atoms with Crippen molar-refractivity contribution in [2.45, 2.75) is 13.8 Å². The summed E-state index contributed by atoms with van der Waals surface area (Å²) < 4.78 is 10.3. The Hall–Kier alpha value is -3.92. The average molecular weight is 398 g/mol. The second-order valence-corrected chi connectivity index (χ2v) is 6.87. The molecule has 0 aliphatic rings. The highest BCUT2D eigenvalue weighted by atomic mass is 16.5. The van der Waals surface area contributed by atoms with Crippen LogP contribution >= 0.6 is 0 Å². The molecule has 0 unspecified atom stereocenters. The lowest BCUT2D eigenvalue weighted by atomic mass is 9.96. The van der Waals surface area contributed by atoms with Gasteiger partial charge in [-0.25, -0.2) is 9.59 Å². The van der Waals surface area contributed by atoms with Gasteiger partial charge in [-0.15, -0.1) is 0 Å². The number of rotatable bonds is 6. The Labute approximate surface area is 176 Å². The summed E-state index contributed by atoms with van der Waals surface area (Å²) in [5, 5.41) is 0. The summed E-state index contributed by atoms with van der Waals surface area (Å²) in [6.45, 7) is 10.6. The predicted octanol–water partition coefficient (Wildman–Crippen LogP) is 5.90. The minimum absolute atomic E-state index is 0.359. The molecule has 3 rings (SSSR count). The number of hydrogen-bond donors (Lipinski definition) is 0. The summed E-state index contributed by atoms with van der Waals surface area (Å²) in [5.41, 5.74) is 5.67. The zero-order chi connectivity index (χ0) is 21.7. The van der Waals surface area contributed by atoms with Crippen molar-refractivity contribution in [2.75, 3.05) is 0 Å². The van der Waals surface area contributed by atoms with E-state index in [9.17, 15) is 9.59 Å². The third-order valence-electron chi connectivity index (χ3n) is 4.52. The fourth-order valence-electron chi connectivity index (χ4n) is 2.94. The molecule has 3 aromatic carbocycles. The smallest absolute Gasteiger partial charge is 0.338 e. The van der Waals surface area contributed by atoms with Crippen molar-refractivity contribution >= 4 is 11.9 Å². The molecule has 0 aliphatic carbocycles. The van der Waals surface area contributed by atoms with E-state index in [1.54, 1.807) is 31.2 Å².